The van der Waals surface area contributed by atoms with E-state index in [1.54, 1.807) is 0 Å². The van der Waals surface area contributed by atoms with Crippen molar-refractivity contribution in [1.82, 2.24) is 4.72 Å². The molecule has 2 N–H and O–H groups in total. The van der Waals surface area contributed by atoms with E-state index in [-0.39, 0.29) is 5.09 Å². The molecule has 2 aromatic rings. The van der Waals surface area contributed by atoms with Crippen molar-refractivity contribution in [3.8, 4) is 0 Å². The van der Waals surface area contributed by atoms with Gasteiger partial charge in [-0.2, -0.15) is 4.72 Å². The van der Waals surface area contributed by atoms with Gasteiger partial charge in [0.15, 0.2) is 0 Å². The molecule has 0 spiro atoms. The highest BCUT2D eigenvalue weighted by Gasteiger charge is 2.34. The number of aliphatic hydroxyl groups is 1. The zero-order valence-corrected chi connectivity index (χ0v) is 10.8. The van der Waals surface area contributed by atoms with Crippen molar-refractivity contribution in [2.24, 2.45) is 0 Å². The van der Waals surface area contributed by atoms with Crippen molar-refractivity contribution in [3.63, 3.8) is 0 Å². The summed E-state index contributed by atoms with van der Waals surface area (Å²) in [7, 11) is -3.75. The van der Waals surface area contributed by atoms with Crippen molar-refractivity contribution < 1.29 is 17.9 Å². The minimum absolute atomic E-state index is 0.149. The van der Waals surface area contributed by atoms with Crippen LogP contribution in [0.2, 0.25) is 0 Å². The Morgan fingerprint density at radius 2 is 2.00 bits per heavy atom. The fraction of sp³-hybridized carbons (Fsp3) is 0.231. The van der Waals surface area contributed by atoms with E-state index in [1.807, 2.05) is 24.3 Å². The van der Waals surface area contributed by atoms with Crippen LogP contribution in [0, 0.1) is 0 Å². The molecule has 19 heavy (non-hydrogen) atoms. The van der Waals surface area contributed by atoms with Gasteiger partial charge < -0.3 is 9.52 Å². The normalized spacial score (nSPS) is 22.4. The van der Waals surface area contributed by atoms with Gasteiger partial charge in [-0.3, -0.25) is 0 Å². The first-order valence-corrected chi connectivity index (χ1v) is 7.38. The highest BCUT2D eigenvalue weighted by molar-refractivity contribution is 7.89. The molecule has 1 aromatic carbocycles. The summed E-state index contributed by atoms with van der Waals surface area (Å²) >= 11 is 0. The Balaban J connectivity index is 1.92. The van der Waals surface area contributed by atoms with Crippen molar-refractivity contribution in [2.75, 3.05) is 0 Å². The van der Waals surface area contributed by atoms with Crippen LogP contribution >= 0.6 is 0 Å². The van der Waals surface area contributed by atoms with E-state index in [9.17, 15) is 13.5 Å². The monoisotopic (exact) mass is 279 g/mol. The molecule has 0 bridgehead atoms. The maximum absolute atomic E-state index is 12.1. The van der Waals surface area contributed by atoms with Crippen LogP contribution in [0.3, 0.4) is 0 Å². The Morgan fingerprint density at radius 1 is 1.21 bits per heavy atom. The molecule has 1 heterocycles. The number of nitrogens with one attached hydrogen (secondary N) is 1. The lowest BCUT2D eigenvalue weighted by Gasteiger charge is -2.16. The van der Waals surface area contributed by atoms with Gasteiger partial charge in [0.2, 0.25) is 5.09 Å². The first kappa shape index (κ1) is 12.4. The summed E-state index contributed by atoms with van der Waals surface area (Å²) in [6.45, 7) is 0. The molecule has 2 atom stereocenters. The average Bonchev–Trinajstić information content (AvgIpc) is 2.99. The third kappa shape index (κ3) is 2.18. The van der Waals surface area contributed by atoms with Crippen LogP contribution < -0.4 is 4.72 Å². The quantitative estimate of drug-likeness (QED) is 0.885. The van der Waals surface area contributed by atoms with E-state index in [2.05, 4.69) is 4.72 Å². The van der Waals surface area contributed by atoms with E-state index < -0.39 is 22.2 Å². The molecule has 1 aromatic heterocycles. The molecule has 0 radical (unpaired) electrons. The Hall–Kier alpha value is -1.63. The first-order valence-electron chi connectivity index (χ1n) is 5.89. The number of hydrogen-bond donors (Lipinski definition) is 2. The zero-order chi connectivity index (χ0) is 13.5. The van der Waals surface area contributed by atoms with Gasteiger partial charge in [-0.1, -0.05) is 24.3 Å². The van der Waals surface area contributed by atoms with Crippen LogP contribution in [0.1, 0.15) is 17.2 Å². The molecule has 6 heteroatoms. The van der Waals surface area contributed by atoms with Gasteiger partial charge in [0.1, 0.15) is 0 Å². The summed E-state index contributed by atoms with van der Waals surface area (Å²) < 4.78 is 31.6. The number of hydrogen-bond acceptors (Lipinski definition) is 4. The van der Waals surface area contributed by atoms with E-state index in [0.717, 1.165) is 11.1 Å². The van der Waals surface area contributed by atoms with E-state index in [1.165, 1.54) is 18.4 Å². The minimum Gasteiger partial charge on any atom is -0.452 e. The lowest BCUT2D eigenvalue weighted by atomic mass is 10.1. The summed E-state index contributed by atoms with van der Waals surface area (Å²) in [5.74, 6) is 0. The second-order valence-corrected chi connectivity index (χ2v) is 6.15. The molecular weight excluding hydrogens is 266 g/mol. The maximum atomic E-state index is 12.1. The fourth-order valence-corrected chi connectivity index (χ4v) is 3.53. The number of sulfonamides is 1. The van der Waals surface area contributed by atoms with Crippen molar-refractivity contribution in [1.29, 1.82) is 0 Å². The molecule has 0 fully saturated rings. The number of aliphatic hydroxyl groups excluding tert-OH is 1. The van der Waals surface area contributed by atoms with Gasteiger partial charge in [0.05, 0.1) is 18.4 Å². The van der Waals surface area contributed by atoms with Gasteiger partial charge in [-0.25, -0.2) is 8.42 Å². The van der Waals surface area contributed by atoms with Crippen LogP contribution in [0.4, 0.5) is 0 Å². The summed E-state index contributed by atoms with van der Waals surface area (Å²) in [5.41, 5.74) is 1.77. The van der Waals surface area contributed by atoms with E-state index >= 15 is 0 Å². The summed E-state index contributed by atoms with van der Waals surface area (Å²) in [6.07, 6.45) is 0.983. The Morgan fingerprint density at radius 3 is 2.74 bits per heavy atom. The second kappa shape index (κ2) is 4.48. The lowest BCUT2D eigenvalue weighted by molar-refractivity contribution is 0.151. The second-order valence-electron chi connectivity index (χ2n) is 4.50. The molecule has 0 aliphatic heterocycles. The van der Waals surface area contributed by atoms with Gasteiger partial charge >= 0.3 is 0 Å². The molecule has 5 nitrogen and oxygen atoms in total. The van der Waals surface area contributed by atoms with E-state index in [4.69, 9.17) is 4.42 Å². The Kier molecular flexibility index (Phi) is 2.93. The molecule has 0 unspecified atom stereocenters. The third-order valence-electron chi connectivity index (χ3n) is 3.25. The van der Waals surface area contributed by atoms with Crippen LogP contribution in [0.15, 0.2) is 52.2 Å². The zero-order valence-electron chi connectivity index (χ0n) is 9.98. The van der Waals surface area contributed by atoms with Crippen molar-refractivity contribution in [3.05, 3.63) is 53.8 Å². The molecular formula is C13H13NO4S. The number of rotatable bonds is 3. The smallest absolute Gasteiger partial charge is 0.274 e. The SMILES string of the molecule is O=S(=O)(N[C@H]1c2ccccc2C[C@H]1O)c1ccco1. The number of furan rings is 1. The minimum atomic E-state index is -3.75. The molecule has 0 saturated heterocycles. The van der Waals surface area contributed by atoms with Crippen LogP contribution in [-0.2, 0) is 16.4 Å². The predicted octanol–water partition coefficient (Wildman–Crippen LogP) is 1.22. The van der Waals surface area contributed by atoms with Crippen molar-refractivity contribution >= 4 is 10.0 Å². The summed E-state index contributed by atoms with van der Waals surface area (Å²) in [4.78, 5) is 0. The summed E-state index contributed by atoms with van der Waals surface area (Å²) in [6, 6.07) is 9.65. The van der Waals surface area contributed by atoms with Gasteiger partial charge in [0, 0.05) is 6.42 Å². The van der Waals surface area contributed by atoms with Gasteiger partial charge in [0.25, 0.3) is 10.0 Å². The highest BCUT2D eigenvalue weighted by Crippen LogP contribution is 2.32. The molecule has 1 aliphatic carbocycles. The van der Waals surface area contributed by atoms with E-state index in [0.29, 0.717) is 6.42 Å². The Bertz CT molecular complexity index is 678. The van der Waals surface area contributed by atoms with Gasteiger partial charge in [-0.05, 0) is 23.3 Å². The highest BCUT2D eigenvalue weighted by atomic mass is 32.2. The topological polar surface area (TPSA) is 79.5 Å². The first-order chi connectivity index (χ1) is 9.08. The summed E-state index contributed by atoms with van der Waals surface area (Å²) in [5, 5.41) is 9.86. The Labute approximate surface area is 110 Å². The lowest BCUT2D eigenvalue weighted by Crippen LogP contribution is -2.33. The standard InChI is InChI=1S/C13H13NO4S/c15-11-8-9-4-1-2-5-10(9)13(11)14-19(16,17)12-6-3-7-18-12/h1-7,11,13-15H,8H2/t11-,13+/m1/s1. The number of fused-ring (bicyclic) bond motifs is 1. The predicted molar refractivity (Wildman–Crippen MR) is 67.9 cm³/mol. The van der Waals surface area contributed by atoms with Crippen LogP contribution in [0.5, 0.6) is 0 Å². The average molecular weight is 279 g/mol. The van der Waals surface area contributed by atoms with Crippen LogP contribution in [-0.4, -0.2) is 19.6 Å². The van der Waals surface area contributed by atoms with Crippen molar-refractivity contribution in [2.45, 2.75) is 23.7 Å². The molecule has 0 amide bonds. The molecule has 1 aliphatic rings. The fourth-order valence-electron chi connectivity index (χ4n) is 2.36. The van der Waals surface area contributed by atoms with Gasteiger partial charge in [-0.15, -0.1) is 0 Å². The third-order valence-corrected chi connectivity index (χ3v) is 4.57. The molecule has 0 saturated carbocycles. The maximum Gasteiger partial charge on any atom is 0.274 e. The number of benzene rings is 1. The molecule has 3 rings (SSSR count). The molecule has 100 valence electrons. The van der Waals surface area contributed by atoms with Crippen LogP contribution in [0.25, 0.3) is 0 Å². The largest absolute Gasteiger partial charge is 0.452 e.